The van der Waals surface area contributed by atoms with Crippen LogP contribution < -0.4 is 4.74 Å². The Labute approximate surface area is 189 Å². The minimum absolute atomic E-state index is 0.0705. The van der Waals surface area contributed by atoms with E-state index in [2.05, 4.69) is 0 Å². The molecule has 10 nitrogen and oxygen atoms in total. The fourth-order valence-corrected chi connectivity index (χ4v) is 5.30. The molecular weight excluding hydrogens is 438 g/mol. The third-order valence-corrected chi connectivity index (χ3v) is 7.07. The molecule has 1 heterocycles. The fraction of sp³-hybridized carbons (Fsp3) is 0.667. The molecule has 32 heavy (non-hydrogen) atoms. The maximum absolute atomic E-state index is 13.3. The van der Waals surface area contributed by atoms with Crippen molar-refractivity contribution in [3.63, 3.8) is 0 Å². The standard InChI is InChI=1S/C21H33N3O7S/c1-15(2)23(20(25)31-21(3,4)5)14-16-8-7-11-22(13-16)32(28,29)19-10-9-17(24(26)27)12-18(19)30-6/h9-10,12,15-16H,7-8,11,13-14H2,1-6H3. The van der Waals surface area contributed by atoms with Gasteiger partial charge in [-0.05, 0) is 59.4 Å². The first kappa shape index (κ1) is 25.9. The van der Waals surface area contributed by atoms with E-state index in [0.717, 1.165) is 18.6 Å². The molecule has 0 aliphatic carbocycles. The Morgan fingerprint density at radius 3 is 2.53 bits per heavy atom. The number of nitro groups is 1. The van der Waals surface area contributed by atoms with Crippen molar-refractivity contribution < 1.29 is 27.6 Å². The SMILES string of the molecule is COc1cc([N+](=O)[O-])ccc1S(=O)(=O)N1CCCC(CN(C(=O)OC(C)(C)C)C(C)C)C1. The molecule has 0 saturated carbocycles. The number of nitro benzene ring substituents is 1. The lowest BCUT2D eigenvalue weighted by Crippen LogP contribution is -2.48. The van der Waals surface area contributed by atoms with Gasteiger partial charge in [0.2, 0.25) is 10.0 Å². The van der Waals surface area contributed by atoms with E-state index in [0.29, 0.717) is 19.5 Å². The van der Waals surface area contributed by atoms with E-state index in [1.807, 2.05) is 13.8 Å². The van der Waals surface area contributed by atoms with Crippen LogP contribution in [0.1, 0.15) is 47.5 Å². The second-order valence-corrected chi connectivity index (χ2v) is 11.1. The Hall–Kier alpha value is -2.40. The normalized spacial score (nSPS) is 17.8. The van der Waals surface area contributed by atoms with E-state index in [-0.39, 0.29) is 34.8 Å². The number of benzene rings is 1. The fourth-order valence-electron chi connectivity index (χ4n) is 3.61. The molecule has 1 aromatic rings. The smallest absolute Gasteiger partial charge is 0.410 e. The molecule has 0 spiro atoms. The highest BCUT2D eigenvalue weighted by molar-refractivity contribution is 7.89. The number of nitrogens with zero attached hydrogens (tertiary/aromatic N) is 3. The van der Waals surface area contributed by atoms with Crippen molar-refractivity contribution in [3.8, 4) is 5.75 Å². The molecule has 11 heteroatoms. The highest BCUT2D eigenvalue weighted by Gasteiger charge is 2.35. The lowest BCUT2D eigenvalue weighted by Gasteiger charge is -2.37. The molecular formula is C21H33N3O7S. The third-order valence-electron chi connectivity index (χ3n) is 5.16. The molecule has 1 amide bonds. The van der Waals surface area contributed by atoms with Crippen LogP contribution in [0.5, 0.6) is 5.75 Å². The first-order valence-electron chi connectivity index (χ1n) is 10.6. The van der Waals surface area contributed by atoms with Gasteiger partial charge in [-0.15, -0.1) is 0 Å². The molecule has 0 N–H and O–H groups in total. The van der Waals surface area contributed by atoms with E-state index >= 15 is 0 Å². The van der Waals surface area contributed by atoms with Crippen molar-refractivity contribution in [3.05, 3.63) is 28.3 Å². The van der Waals surface area contributed by atoms with Crippen LogP contribution in [-0.2, 0) is 14.8 Å². The van der Waals surface area contributed by atoms with Gasteiger partial charge >= 0.3 is 6.09 Å². The molecule has 1 aliphatic rings. The summed E-state index contributed by atoms with van der Waals surface area (Å²) in [4.78, 5) is 24.6. The zero-order chi connectivity index (χ0) is 24.3. The van der Waals surface area contributed by atoms with Gasteiger partial charge in [-0.1, -0.05) is 0 Å². The van der Waals surface area contributed by atoms with Crippen LogP contribution >= 0.6 is 0 Å². The monoisotopic (exact) mass is 471 g/mol. The minimum atomic E-state index is -3.93. The van der Waals surface area contributed by atoms with E-state index < -0.39 is 26.6 Å². The largest absolute Gasteiger partial charge is 0.495 e. The number of carbonyl (C=O) groups is 1. The van der Waals surface area contributed by atoms with Crippen LogP contribution in [0.2, 0.25) is 0 Å². The average molecular weight is 472 g/mol. The molecule has 1 aromatic carbocycles. The van der Waals surface area contributed by atoms with Crippen LogP contribution in [-0.4, -0.2) is 67.0 Å². The second-order valence-electron chi connectivity index (χ2n) is 9.19. The number of ether oxygens (including phenoxy) is 2. The maximum Gasteiger partial charge on any atom is 0.410 e. The number of amides is 1. The van der Waals surface area contributed by atoms with Gasteiger partial charge in [0, 0.05) is 31.7 Å². The Balaban J connectivity index is 2.22. The van der Waals surface area contributed by atoms with Gasteiger partial charge in [-0.2, -0.15) is 4.31 Å². The zero-order valence-corrected chi connectivity index (χ0v) is 20.3. The molecule has 1 unspecified atom stereocenters. The maximum atomic E-state index is 13.3. The van der Waals surface area contributed by atoms with Crippen LogP contribution in [0.15, 0.2) is 23.1 Å². The van der Waals surface area contributed by atoms with Crippen LogP contribution in [0.25, 0.3) is 0 Å². The number of non-ortho nitro benzene ring substituents is 1. The summed E-state index contributed by atoms with van der Waals surface area (Å²) in [6.07, 6.45) is 0.985. The summed E-state index contributed by atoms with van der Waals surface area (Å²) >= 11 is 0. The van der Waals surface area contributed by atoms with Crippen molar-refractivity contribution >= 4 is 21.8 Å². The summed E-state index contributed by atoms with van der Waals surface area (Å²) in [6.45, 7) is 10.1. The van der Waals surface area contributed by atoms with Crippen LogP contribution in [0.3, 0.4) is 0 Å². The highest BCUT2D eigenvalue weighted by Crippen LogP contribution is 2.33. The molecule has 0 aromatic heterocycles. The van der Waals surface area contributed by atoms with Crippen molar-refractivity contribution in [2.75, 3.05) is 26.7 Å². The summed E-state index contributed by atoms with van der Waals surface area (Å²) in [5, 5.41) is 11.0. The number of sulfonamides is 1. The molecule has 180 valence electrons. The van der Waals surface area contributed by atoms with Crippen molar-refractivity contribution in [1.82, 2.24) is 9.21 Å². The topological polar surface area (TPSA) is 119 Å². The van der Waals surface area contributed by atoms with E-state index in [4.69, 9.17) is 9.47 Å². The molecule has 1 saturated heterocycles. The minimum Gasteiger partial charge on any atom is -0.495 e. The molecule has 1 atom stereocenters. The number of piperidine rings is 1. The number of hydrogen-bond donors (Lipinski definition) is 0. The second kappa shape index (κ2) is 10.0. The molecule has 2 rings (SSSR count). The third kappa shape index (κ3) is 6.32. The van der Waals surface area contributed by atoms with Crippen LogP contribution in [0.4, 0.5) is 10.5 Å². The highest BCUT2D eigenvalue weighted by atomic mass is 32.2. The lowest BCUT2D eigenvalue weighted by molar-refractivity contribution is -0.385. The Morgan fingerprint density at radius 1 is 1.34 bits per heavy atom. The van der Waals surface area contributed by atoms with E-state index in [9.17, 15) is 23.3 Å². The van der Waals surface area contributed by atoms with Crippen molar-refractivity contribution in [2.45, 2.75) is 64.0 Å². The first-order valence-corrected chi connectivity index (χ1v) is 12.0. The van der Waals surface area contributed by atoms with E-state index in [1.165, 1.54) is 17.5 Å². The Morgan fingerprint density at radius 2 is 2.00 bits per heavy atom. The van der Waals surface area contributed by atoms with Gasteiger partial charge in [0.05, 0.1) is 18.1 Å². The summed E-state index contributed by atoms with van der Waals surface area (Å²) in [6, 6.07) is 3.36. The van der Waals surface area contributed by atoms with Gasteiger partial charge in [-0.25, -0.2) is 13.2 Å². The number of rotatable bonds is 7. The molecule has 1 fully saturated rings. The van der Waals surface area contributed by atoms with Crippen molar-refractivity contribution in [2.24, 2.45) is 5.92 Å². The predicted octanol–water partition coefficient (Wildman–Crippen LogP) is 3.65. The van der Waals surface area contributed by atoms with Gasteiger partial charge < -0.3 is 14.4 Å². The van der Waals surface area contributed by atoms with Gasteiger partial charge in [-0.3, -0.25) is 10.1 Å². The molecule has 0 radical (unpaired) electrons. The number of hydrogen-bond acceptors (Lipinski definition) is 7. The van der Waals surface area contributed by atoms with Crippen LogP contribution in [0, 0.1) is 16.0 Å². The summed E-state index contributed by atoms with van der Waals surface area (Å²) in [5.41, 5.74) is -0.874. The first-order chi connectivity index (χ1) is 14.8. The van der Waals surface area contributed by atoms with Crippen molar-refractivity contribution in [1.29, 1.82) is 0 Å². The van der Waals surface area contributed by atoms with Gasteiger partial charge in [0.1, 0.15) is 16.2 Å². The summed E-state index contributed by atoms with van der Waals surface area (Å²) in [5.74, 6) is -0.142. The quantitative estimate of drug-likeness (QED) is 0.440. The van der Waals surface area contributed by atoms with Gasteiger partial charge in [0.25, 0.3) is 5.69 Å². The van der Waals surface area contributed by atoms with Gasteiger partial charge in [0.15, 0.2) is 0 Å². The predicted molar refractivity (Wildman–Crippen MR) is 119 cm³/mol. The lowest BCUT2D eigenvalue weighted by atomic mass is 9.98. The Kier molecular flexibility index (Phi) is 8.11. The zero-order valence-electron chi connectivity index (χ0n) is 19.5. The summed E-state index contributed by atoms with van der Waals surface area (Å²) in [7, 11) is -2.66. The molecule has 0 bridgehead atoms. The Bertz CT molecular complexity index is 941. The number of methoxy groups -OCH3 is 1. The molecule has 1 aliphatic heterocycles. The summed E-state index contributed by atoms with van der Waals surface area (Å²) < 4.78 is 38.6. The number of carbonyl (C=O) groups excluding carboxylic acids is 1. The average Bonchev–Trinajstić information content (AvgIpc) is 2.70. The van der Waals surface area contributed by atoms with E-state index in [1.54, 1.807) is 25.7 Å².